The molecule has 9 heteroatoms. The minimum absolute atomic E-state index is 0.0196. The smallest absolute Gasteiger partial charge is 0.332 e. The van der Waals surface area contributed by atoms with Crippen molar-refractivity contribution in [2.24, 2.45) is 7.05 Å². The van der Waals surface area contributed by atoms with Gasteiger partial charge in [-0.1, -0.05) is 6.08 Å². The molecule has 0 aliphatic rings. The van der Waals surface area contributed by atoms with Crippen molar-refractivity contribution in [3.05, 3.63) is 45.4 Å². The molecule has 25 heavy (non-hydrogen) atoms. The number of fused-ring (bicyclic) bond motifs is 3. The summed E-state index contributed by atoms with van der Waals surface area (Å²) < 4.78 is 10.7. The Hall–Kier alpha value is -3.10. The third-order valence-electron chi connectivity index (χ3n) is 4.04. The van der Waals surface area contributed by atoms with E-state index in [-0.39, 0.29) is 30.9 Å². The fraction of sp³-hybridized carbons (Fsp3) is 0.375. The maximum absolute atomic E-state index is 12.8. The molecule has 0 atom stereocenters. The van der Waals surface area contributed by atoms with Gasteiger partial charge >= 0.3 is 11.7 Å². The first-order valence-electron chi connectivity index (χ1n) is 7.84. The van der Waals surface area contributed by atoms with Crippen molar-refractivity contribution in [1.82, 2.24) is 23.1 Å². The number of nitrogens with zero attached hydrogens (tertiary/aromatic N) is 5. The molecule has 0 saturated heterocycles. The maximum atomic E-state index is 12.8. The SMILES string of the molecule is C=CCn1c(=O)c2c(nc3n(CC(=O)OCC)c(C)cn23)n(C)c1=O. The molecular formula is C16H19N5O4. The summed E-state index contributed by atoms with van der Waals surface area (Å²) >= 11 is 0. The van der Waals surface area contributed by atoms with Crippen LogP contribution in [-0.4, -0.2) is 35.7 Å². The highest BCUT2D eigenvalue weighted by Crippen LogP contribution is 2.16. The van der Waals surface area contributed by atoms with Crippen molar-refractivity contribution in [1.29, 1.82) is 0 Å². The van der Waals surface area contributed by atoms with E-state index >= 15 is 0 Å². The average Bonchev–Trinajstić information content (AvgIpc) is 3.07. The van der Waals surface area contributed by atoms with Gasteiger partial charge in [-0.25, -0.2) is 4.79 Å². The Morgan fingerprint density at radius 3 is 2.72 bits per heavy atom. The summed E-state index contributed by atoms with van der Waals surface area (Å²) in [6.45, 7) is 7.50. The third-order valence-corrected chi connectivity index (χ3v) is 4.04. The second-order valence-electron chi connectivity index (χ2n) is 5.66. The number of esters is 1. The number of aromatic nitrogens is 5. The molecule has 0 radical (unpaired) electrons. The van der Waals surface area contributed by atoms with E-state index in [2.05, 4.69) is 11.6 Å². The van der Waals surface area contributed by atoms with Crippen LogP contribution >= 0.6 is 0 Å². The Bertz CT molecular complexity index is 1110. The van der Waals surface area contributed by atoms with Crippen molar-refractivity contribution >= 4 is 22.9 Å². The van der Waals surface area contributed by atoms with Crippen LogP contribution in [0.1, 0.15) is 12.6 Å². The normalized spacial score (nSPS) is 11.3. The van der Waals surface area contributed by atoms with E-state index in [0.717, 1.165) is 10.3 Å². The number of aryl methyl sites for hydroxylation is 2. The van der Waals surface area contributed by atoms with E-state index in [9.17, 15) is 14.4 Å². The summed E-state index contributed by atoms with van der Waals surface area (Å²) in [6.07, 6.45) is 3.21. The van der Waals surface area contributed by atoms with Gasteiger partial charge in [-0.15, -0.1) is 6.58 Å². The van der Waals surface area contributed by atoms with Crippen LogP contribution < -0.4 is 11.2 Å². The Morgan fingerprint density at radius 2 is 2.08 bits per heavy atom. The van der Waals surface area contributed by atoms with Crippen molar-refractivity contribution in [3.63, 3.8) is 0 Å². The molecule has 0 aromatic carbocycles. The van der Waals surface area contributed by atoms with Crippen LogP contribution in [0.2, 0.25) is 0 Å². The van der Waals surface area contributed by atoms with Crippen LogP contribution in [0.4, 0.5) is 0 Å². The molecule has 0 spiro atoms. The van der Waals surface area contributed by atoms with E-state index in [0.29, 0.717) is 5.78 Å². The summed E-state index contributed by atoms with van der Waals surface area (Å²) in [5.41, 5.74) is 0.388. The van der Waals surface area contributed by atoms with Gasteiger partial charge in [0.15, 0.2) is 11.2 Å². The lowest BCUT2D eigenvalue weighted by molar-refractivity contribution is -0.143. The fourth-order valence-electron chi connectivity index (χ4n) is 2.88. The molecule has 0 bridgehead atoms. The zero-order valence-electron chi connectivity index (χ0n) is 14.4. The minimum atomic E-state index is -0.466. The van der Waals surface area contributed by atoms with Crippen molar-refractivity contribution in [2.45, 2.75) is 26.9 Å². The van der Waals surface area contributed by atoms with Gasteiger partial charge in [0, 0.05) is 25.5 Å². The summed E-state index contributed by atoms with van der Waals surface area (Å²) in [7, 11) is 1.55. The van der Waals surface area contributed by atoms with Gasteiger partial charge in [-0.2, -0.15) is 4.98 Å². The van der Waals surface area contributed by atoms with Gasteiger partial charge < -0.3 is 9.30 Å². The van der Waals surface area contributed by atoms with E-state index in [1.165, 1.54) is 10.6 Å². The molecule has 3 aromatic rings. The lowest BCUT2D eigenvalue weighted by atomic mass is 10.4. The Kier molecular flexibility index (Phi) is 4.07. The van der Waals surface area contributed by atoms with Crippen LogP contribution in [0.25, 0.3) is 16.9 Å². The van der Waals surface area contributed by atoms with Crippen LogP contribution in [0, 0.1) is 6.92 Å². The highest BCUT2D eigenvalue weighted by molar-refractivity contribution is 5.77. The van der Waals surface area contributed by atoms with Gasteiger partial charge in [0.25, 0.3) is 5.56 Å². The zero-order chi connectivity index (χ0) is 18.3. The predicted octanol–water partition coefficient (Wildman–Crippen LogP) is 0.207. The van der Waals surface area contributed by atoms with Gasteiger partial charge in [0.1, 0.15) is 6.54 Å². The van der Waals surface area contributed by atoms with Crippen molar-refractivity contribution in [2.75, 3.05) is 6.61 Å². The molecule has 3 rings (SSSR count). The number of rotatable bonds is 5. The molecule has 0 fully saturated rings. The Balaban J connectivity index is 2.33. The minimum Gasteiger partial charge on any atom is -0.465 e. The summed E-state index contributed by atoms with van der Waals surface area (Å²) in [4.78, 5) is 41.4. The van der Waals surface area contributed by atoms with E-state index in [1.54, 1.807) is 29.1 Å². The van der Waals surface area contributed by atoms with Crippen LogP contribution in [0.5, 0.6) is 0 Å². The van der Waals surface area contributed by atoms with Gasteiger partial charge in [-0.3, -0.25) is 23.1 Å². The van der Waals surface area contributed by atoms with E-state index < -0.39 is 17.2 Å². The average molecular weight is 345 g/mol. The van der Waals surface area contributed by atoms with Gasteiger partial charge in [-0.05, 0) is 13.8 Å². The Labute approximate surface area is 142 Å². The summed E-state index contributed by atoms with van der Waals surface area (Å²) in [6, 6.07) is 0. The largest absolute Gasteiger partial charge is 0.465 e. The molecule has 0 unspecified atom stereocenters. The van der Waals surface area contributed by atoms with Gasteiger partial charge in [0.2, 0.25) is 5.78 Å². The van der Waals surface area contributed by atoms with Crippen LogP contribution in [0.3, 0.4) is 0 Å². The first kappa shape index (κ1) is 16.7. The monoisotopic (exact) mass is 345 g/mol. The standard InChI is InChI=1S/C16H19N5O4/c1-5-7-19-14(23)12-13(18(4)16(19)24)17-15-20(9-11(22)25-6-2)10(3)8-21(12)15/h5,8H,1,6-7,9H2,2-4H3. The quantitative estimate of drug-likeness (QED) is 0.487. The summed E-state index contributed by atoms with van der Waals surface area (Å²) in [5, 5.41) is 0. The number of carbonyl (C=O) groups is 1. The topological polar surface area (TPSA) is 92.5 Å². The number of ether oxygens (including phenoxy) is 1. The molecular weight excluding hydrogens is 326 g/mol. The summed E-state index contributed by atoms with van der Waals surface area (Å²) in [5.74, 6) is 0.0118. The molecule has 0 amide bonds. The van der Waals surface area contributed by atoms with Crippen molar-refractivity contribution in [3.8, 4) is 0 Å². The van der Waals surface area contributed by atoms with Crippen LogP contribution in [0.15, 0.2) is 28.4 Å². The number of hydrogen-bond donors (Lipinski definition) is 0. The van der Waals surface area contributed by atoms with Gasteiger partial charge in [0.05, 0.1) is 6.61 Å². The molecule has 132 valence electrons. The lowest BCUT2D eigenvalue weighted by Gasteiger charge is -2.05. The first-order chi connectivity index (χ1) is 11.9. The molecule has 0 N–H and O–H groups in total. The highest BCUT2D eigenvalue weighted by Gasteiger charge is 2.20. The molecule has 0 saturated carbocycles. The number of allylic oxidation sites excluding steroid dienone is 1. The molecule has 0 aliphatic carbocycles. The lowest BCUT2D eigenvalue weighted by Crippen LogP contribution is -2.39. The third kappa shape index (κ3) is 2.48. The molecule has 9 nitrogen and oxygen atoms in total. The number of hydrogen-bond acceptors (Lipinski definition) is 5. The zero-order valence-corrected chi connectivity index (χ0v) is 14.4. The highest BCUT2D eigenvalue weighted by atomic mass is 16.5. The number of imidazole rings is 2. The second-order valence-corrected chi connectivity index (χ2v) is 5.66. The maximum Gasteiger partial charge on any atom is 0.332 e. The van der Waals surface area contributed by atoms with E-state index in [1.807, 2.05) is 6.92 Å². The second kappa shape index (κ2) is 6.08. The van der Waals surface area contributed by atoms with Crippen molar-refractivity contribution < 1.29 is 9.53 Å². The number of carbonyl (C=O) groups excluding carboxylic acids is 1. The molecule has 0 aliphatic heterocycles. The fourth-order valence-corrected chi connectivity index (χ4v) is 2.88. The first-order valence-corrected chi connectivity index (χ1v) is 7.84. The molecule has 3 aromatic heterocycles. The van der Waals surface area contributed by atoms with E-state index in [4.69, 9.17) is 4.74 Å². The Morgan fingerprint density at radius 1 is 1.36 bits per heavy atom. The molecule has 3 heterocycles. The van der Waals surface area contributed by atoms with Crippen LogP contribution in [-0.2, 0) is 29.7 Å². The predicted molar refractivity (Wildman–Crippen MR) is 91.8 cm³/mol.